The van der Waals surface area contributed by atoms with Crippen molar-refractivity contribution in [2.24, 2.45) is 0 Å². The lowest BCUT2D eigenvalue weighted by atomic mass is 10.2. The third-order valence-corrected chi connectivity index (χ3v) is 2.73. The Morgan fingerprint density at radius 3 is 2.62 bits per heavy atom. The summed E-state index contributed by atoms with van der Waals surface area (Å²) in [5.41, 5.74) is 0.416. The number of aliphatic hydroxyl groups is 3. The van der Waals surface area contributed by atoms with Crippen LogP contribution in [-0.2, 0) is 0 Å². The first-order valence-corrected chi connectivity index (χ1v) is 5.32. The molecule has 0 spiro atoms. The molecule has 1 rings (SSSR count). The van der Waals surface area contributed by atoms with Gasteiger partial charge in [-0.25, -0.2) is 4.90 Å². The molecule has 1 unspecified atom stereocenters. The standard InChI is InChI=1S/C12H19NO3/c1-3-4-5-6-10(2)12(15,16)13-8-7-11(14)9-13/h3-6,11,14-16H,1,7-9H2,2H3/b5-4-,10-6+. The maximum atomic E-state index is 9.94. The van der Waals surface area contributed by atoms with E-state index in [1.165, 1.54) is 4.90 Å². The summed E-state index contributed by atoms with van der Waals surface area (Å²) >= 11 is 0. The van der Waals surface area contributed by atoms with Gasteiger partial charge in [-0.15, -0.1) is 0 Å². The van der Waals surface area contributed by atoms with E-state index in [1.54, 1.807) is 31.2 Å². The Morgan fingerprint density at radius 2 is 2.12 bits per heavy atom. The number of likely N-dealkylation sites (tertiary alicyclic amines) is 1. The van der Waals surface area contributed by atoms with Crippen LogP contribution < -0.4 is 0 Å². The molecular formula is C12H19NO3. The van der Waals surface area contributed by atoms with E-state index in [0.717, 1.165) is 0 Å². The van der Waals surface area contributed by atoms with Crippen LogP contribution in [0.5, 0.6) is 0 Å². The Kier molecular flexibility index (Phi) is 4.44. The Hall–Kier alpha value is -0.940. The van der Waals surface area contributed by atoms with Gasteiger partial charge in [0.25, 0.3) is 0 Å². The molecule has 0 bridgehead atoms. The molecule has 4 nitrogen and oxygen atoms in total. The summed E-state index contributed by atoms with van der Waals surface area (Å²) in [6, 6.07) is 0. The van der Waals surface area contributed by atoms with Crippen molar-refractivity contribution in [2.75, 3.05) is 13.1 Å². The van der Waals surface area contributed by atoms with Gasteiger partial charge < -0.3 is 15.3 Å². The number of allylic oxidation sites excluding steroid dienone is 4. The molecule has 0 aromatic heterocycles. The number of hydrogen-bond acceptors (Lipinski definition) is 4. The summed E-state index contributed by atoms with van der Waals surface area (Å²) in [6.45, 7) is 5.92. The maximum absolute atomic E-state index is 9.94. The highest BCUT2D eigenvalue weighted by atomic mass is 16.5. The average Bonchev–Trinajstić information content (AvgIpc) is 2.65. The lowest BCUT2D eigenvalue weighted by molar-refractivity contribution is -0.229. The van der Waals surface area contributed by atoms with E-state index >= 15 is 0 Å². The molecule has 1 fully saturated rings. The molecular weight excluding hydrogens is 206 g/mol. The summed E-state index contributed by atoms with van der Waals surface area (Å²) in [5.74, 6) is -1.98. The number of β-amino-alcohol motifs (C(OH)–C–C–N with tert-alkyl or cyclic N) is 1. The third kappa shape index (κ3) is 3.02. The molecule has 90 valence electrons. The summed E-state index contributed by atoms with van der Waals surface area (Å²) in [5, 5.41) is 29.2. The minimum absolute atomic E-state index is 0.281. The second kappa shape index (κ2) is 5.41. The van der Waals surface area contributed by atoms with E-state index in [2.05, 4.69) is 6.58 Å². The summed E-state index contributed by atoms with van der Waals surface area (Å²) < 4.78 is 0. The number of hydrogen-bond donors (Lipinski definition) is 3. The van der Waals surface area contributed by atoms with Gasteiger partial charge in [-0.3, -0.25) is 0 Å². The topological polar surface area (TPSA) is 63.9 Å². The average molecular weight is 225 g/mol. The highest BCUT2D eigenvalue weighted by molar-refractivity contribution is 5.19. The van der Waals surface area contributed by atoms with Gasteiger partial charge in [-0.05, 0) is 13.3 Å². The molecule has 0 saturated carbocycles. The van der Waals surface area contributed by atoms with E-state index in [9.17, 15) is 15.3 Å². The van der Waals surface area contributed by atoms with E-state index in [-0.39, 0.29) is 6.54 Å². The second-order valence-corrected chi connectivity index (χ2v) is 3.99. The van der Waals surface area contributed by atoms with Gasteiger partial charge in [0.1, 0.15) is 0 Å². The van der Waals surface area contributed by atoms with Crippen LogP contribution in [0.3, 0.4) is 0 Å². The van der Waals surface area contributed by atoms with Crippen molar-refractivity contribution in [1.29, 1.82) is 0 Å². The van der Waals surface area contributed by atoms with Crippen LogP contribution in [0.2, 0.25) is 0 Å². The van der Waals surface area contributed by atoms with Crippen LogP contribution in [-0.4, -0.2) is 45.3 Å². The van der Waals surface area contributed by atoms with Crippen LogP contribution >= 0.6 is 0 Å². The summed E-state index contributed by atoms with van der Waals surface area (Å²) in [4.78, 5) is 1.45. The quantitative estimate of drug-likeness (QED) is 0.478. The van der Waals surface area contributed by atoms with Crippen LogP contribution in [0.25, 0.3) is 0 Å². The van der Waals surface area contributed by atoms with Crippen molar-refractivity contribution in [1.82, 2.24) is 4.90 Å². The summed E-state index contributed by atoms with van der Waals surface area (Å²) in [7, 11) is 0. The normalized spacial score (nSPS) is 24.2. The molecule has 4 heteroatoms. The highest BCUT2D eigenvalue weighted by Gasteiger charge is 2.38. The maximum Gasteiger partial charge on any atom is 0.249 e. The lowest BCUT2D eigenvalue weighted by Crippen LogP contribution is -2.48. The van der Waals surface area contributed by atoms with Crippen molar-refractivity contribution in [3.05, 3.63) is 36.5 Å². The van der Waals surface area contributed by atoms with Gasteiger partial charge >= 0.3 is 0 Å². The molecule has 0 aromatic rings. The fraction of sp³-hybridized carbons (Fsp3) is 0.500. The predicted molar refractivity (Wildman–Crippen MR) is 62.5 cm³/mol. The zero-order valence-electron chi connectivity index (χ0n) is 9.50. The Balaban J connectivity index is 2.72. The predicted octanol–water partition coefficient (Wildman–Crippen LogP) is 0.380. The van der Waals surface area contributed by atoms with Crippen LogP contribution in [0.4, 0.5) is 0 Å². The van der Waals surface area contributed by atoms with Gasteiger partial charge in [-0.1, -0.05) is 30.9 Å². The molecule has 1 saturated heterocycles. The fourth-order valence-corrected chi connectivity index (χ4v) is 1.66. The van der Waals surface area contributed by atoms with Crippen molar-refractivity contribution >= 4 is 0 Å². The lowest BCUT2D eigenvalue weighted by Gasteiger charge is -2.32. The summed E-state index contributed by atoms with van der Waals surface area (Å²) in [6.07, 6.45) is 6.72. The van der Waals surface area contributed by atoms with Gasteiger partial charge in [-0.2, -0.15) is 0 Å². The fourth-order valence-electron chi connectivity index (χ4n) is 1.66. The third-order valence-electron chi connectivity index (χ3n) is 2.73. The number of rotatable bonds is 4. The molecule has 0 aliphatic carbocycles. The van der Waals surface area contributed by atoms with Crippen molar-refractivity contribution in [3.63, 3.8) is 0 Å². The molecule has 0 aromatic carbocycles. The Morgan fingerprint density at radius 1 is 1.44 bits per heavy atom. The molecule has 1 aliphatic heterocycles. The molecule has 0 amide bonds. The van der Waals surface area contributed by atoms with Crippen LogP contribution in [0.15, 0.2) is 36.5 Å². The monoisotopic (exact) mass is 225 g/mol. The van der Waals surface area contributed by atoms with Crippen molar-refractivity contribution in [2.45, 2.75) is 25.4 Å². The number of nitrogens with zero attached hydrogens (tertiary/aromatic N) is 1. The van der Waals surface area contributed by atoms with Gasteiger partial charge in [0.05, 0.1) is 6.10 Å². The Bertz CT molecular complexity index is 307. The first kappa shape index (κ1) is 13.1. The van der Waals surface area contributed by atoms with Gasteiger partial charge in [0, 0.05) is 18.7 Å². The van der Waals surface area contributed by atoms with E-state index in [1.807, 2.05) is 0 Å². The Labute approximate surface area is 95.8 Å². The minimum atomic E-state index is -1.98. The molecule has 16 heavy (non-hydrogen) atoms. The molecule has 1 aliphatic rings. The largest absolute Gasteiger partial charge is 0.392 e. The highest BCUT2D eigenvalue weighted by Crippen LogP contribution is 2.23. The molecule has 0 radical (unpaired) electrons. The van der Waals surface area contributed by atoms with Crippen molar-refractivity contribution in [3.8, 4) is 0 Å². The van der Waals surface area contributed by atoms with E-state index < -0.39 is 12.0 Å². The molecule has 3 N–H and O–H groups in total. The first-order valence-electron chi connectivity index (χ1n) is 5.32. The van der Waals surface area contributed by atoms with E-state index in [4.69, 9.17) is 0 Å². The zero-order chi connectivity index (χ0) is 12.2. The molecule has 1 atom stereocenters. The van der Waals surface area contributed by atoms with Crippen LogP contribution in [0.1, 0.15) is 13.3 Å². The minimum Gasteiger partial charge on any atom is -0.392 e. The van der Waals surface area contributed by atoms with Crippen LogP contribution in [0, 0.1) is 0 Å². The van der Waals surface area contributed by atoms with Crippen molar-refractivity contribution < 1.29 is 15.3 Å². The van der Waals surface area contributed by atoms with E-state index in [0.29, 0.717) is 18.5 Å². The molecule has 1 heterocycles. The second-order valence-electron chi connectivity index (χ2n) is 3.99. The number of aliphatic hydroxyl groups excluding tert-OH is 1. The first-order chi connectivity index (χ1) is 7.48. The smallest absolute Gasteiger partial charge is 0.249 e. The van der Waals surface area contributed by atoms with Gasteiger partial charge in [0.2, 0.25) is 5.91 Å². The van der Waals surface area contributed by atoms with Gasteiger partial charge in [0.15, 0.2) is 0 Å². The SMILES string of the molecule is C=C/C=C\C=C(/C)C(O)(O)N1CCC(O)C1. The zero-order valence-corrected chi connectivity index (χ0v) is 9.50.